The number of benzene rings is 1. The zero-order valence-electron chi connectivity index (χ0n) is 18.6. The summed E-state index contributed by atoms with van der Waals surface area (Å²) < 4.78 is 8.94. The number of pyridine rings is 1. The number of aryl methyl sites for hydroxylation is 1. The van der Waals surface area contributed by atoms with Crippen molar-refractivity contribution in [2.75, 3.05) is 20.2 Å². The van der Waals surface area contributed by atoms with Gasteiger partial charge in [0, 0.05) is 32.3 Å². The summed E-state index contributed by atoms with van der Waals surface area (Å²) >= 11 is 0. The molecule has 3 heterocycles. The van der Waals surface area contributed by atoms with E-state index in [9.17, 15) is 9.59 Å². The minimum atomic E-state index is -0.0287. The van der Waals surface area contributed by atoms with E-state index < -0.39 is 0 Å². The number of ether oxygens (including phenoxy) is 1. The Morgan fingerprint density at radius 3 is 2.72 bits per heavy atom. The molecule has 7 nitrogen and oxygen atoms in total. The van der Waals surface area contributed by atoms with Crippen LogP contribution in [-0.2, 0) is 17.8 Å². The Bertz CT molecular complexity index is 1160. The zero-order chi connectivity index (χ0) is 22.1. The summed E-state index contributed by atoms with van der Waals surface area (Å²) in [5.74, 6) is 1.57. The third kappa shape index (κ3) is 4.16. The maximum atomic E-state index is 13.4. The molecule has 0 radical (unpaired) electrons. The van der Waals surface area contributed by atoms with Crippen molar-refractivity contribution in [3.05, 3.63) is 58.6 Å². The predicted molar refractivity (Wildman–Crippen MR) is 123 cm³/mol. The fourth-order valence-corrected chi connectivity index (χ4v) is 4.77. The molecule has 168 valence electrons. The average molecular weight is 435 g/mol. The van der Waals surface area contributed by atoms with E-state index in [1.165, 1.54) is 12.8 Å². The van der Waals surface area contributed by atoms with Gasteiger partial charge in [-0.25, -0.2) is 9.78 Å². The fraction of sp³-hybridized carbons (Fsp3) is 0.480. The van der Waals surface area contributed by atoms with Gasteiger partial charge in [-0.1, -0.05) is 12.1 Å². The van der Waals surface area contributed by atoms with Gasteiger partial charge in [-0.3, -0.25) is 13.9 Å². The van der Waals surface area contributed by atoms with E-state index in [0.29, 0.717) is 25.3 Å². The number of rotatable bonds is 7. The Morgan fingerprint density at radius 2 is 1.97 bits per heavy atom. The molecule has 1 atom stereocenters. The predicted octanol–water partition coefficient (Wildman–Crippen LogP) is 3.41. The summed E-state index contributed by atoms with van der Waals surface area (Å²) in [4.78, 5) is 32.8. The molecule has 1 saturated heterocycles. The molecule has 1 aliphatic carbocycles. The van der Waals surface area contributed by atoms with E-state index in [4.69, 9.17) is 4.74 Å². The van der Waals surface area contributed by atoms with Crippen LogP contribution in [0.1, 0.15) is 43.7 Å². The Labute approximate surface area is 187 Å². The maximum Gasteiger partial charge on any atom is 0.330 e. The monoisotopic (exact) mass is 434 g/mol. The molecule has 3 aromatic rings. The second-order valence-electron chi connectivity index (χ2n) is 9.04. The molecule has 2 aliphatic rings. The van der Waals surface area contributed by atoms with Crippen LogP contribution in [0, 0.1) is 5.92 Å². The number of imidazole rings is 1. The number of methoxy groups -OCH3 is 1. The number of piperidine rings is 1. The first kappa shape index (κ1) is 20.8. The number of fused-ring (bicyclic) bond motifs is 1. The normalized spacial score (nSPS) is 18.8. The number of nitrogens with zero attached hydrogens (tertiary/aromatic N) is 4. The van der Waals surface area contributed by atoms with Gasteiger partial charge in [-0.2, -0.15) is 0 Å². The SMILES string of the molecule is COc1ccc(CCC(=O)N2CCCC(n3c(=O)n(CC4CC4)c4cccnc43)C2)cc1. The largest absolute Gasteiger partial charge is 0.497 e. The van der Waals surface area contributed by atoms with Crippen molar-refractivity contribution in [1.29, 1.82) is 0 Å². The number of hydrogen-bond donors (Lipinski definition) is 0. The fourth-order valence-electron chi connectivity index (χ4n) is 4.77. The van der Waals surface area contributed by atoms with E-state index >= 15 is 0 Å². The lowest BCUT2D eigenvalue weighted by Crippen LogP contribution is -2.43. The Kier molecular flexibility index (Phi) is 5.72. The van der Waals surface area contributed by atoms with Gasteiger partial charge < -0.3 is 9.64 Å². The number of aromatic nitrogens is 3. The molecule has 1 unspecified atom stereocenters. The van der Waals surface area contributed by atoms with Gasteiger partial charge in [0.05, 0.1) is 18.7 Å². The number of carbonyl (C=O) groups is 1. The maximum absolute atomic E-state index is 13.4. The van der Waals surface area contributed by atoms with Crippen molar-refractivity contribution in [3.8, 4) is 5.75 Å². The van der Waals surface area contributed by atoms with Crippen LogP contribution in [0.15, 0.2) is 47.4 Å². The highest BCUT2D eigenvalue weighted by molar-refractivity contribution is 5.77. The molecule has 5 rings (SSSR count). The molecule has 1 saturated carbocycles. The molecule has 1 amide bonds. The van der Waals surface area contributed by atoms with Gasteiger partial charge in [0.25, 0.3) is 0 Å². The van der Waals surface area contributed by atoms with Gasteiger partial charge in [-0.15, -0.1) is 0 Å². The highest BCUT2D eigenvalue weighted by atomic mass is 16.5. The van der Waals surface area contributed by atoms with Crippen molar-refractivity contribution in [2.24, 2.45) is 5.92 Å². The summed E-state index contributed by atoms with van der Waals surface area (Å²) in [5.41, 5.74) is 2.79. The second-order valence-corrected chi connectivity index (χ2v) is 9.04. The van der Waals surface area contributed by atoms with Gasteiger partial charge in [0.15, 0.2) is 5.65 Å². The molecule has 0 N–H and O–H groups in total. The van der Waals surface area contributed by atoms with Crippen LogP contribution in [0.4, 0.5) is 0 Å². The van der Waals surface area contributed by atoms with Crippen LogP contribution in [0.2, 0.25) is 0 Å². The molecule has 2 aromatic heterocycles. The quantitative estimate of drug-likeness (QED) is 0.571. The van der Waals surface area contributed by atoms with Crippen LogP contribution in [0.3, 0.4) is 0 Å². The van der Waals surface area contributed by atoms with E-state index in [2.05, 4.69) is 4.98 Å². The van der Waals surface area contributed by atoms with Gasteiger partial charge >= 0.3 is 5.69 Å². The Hall–Kier alpha value is -3.09. The lowest BCUT2D eigenvalue weighted by molar-refractivity contribution is -0.132. The molecule has 7 heteroatoms. The molecular formula is C25H30N4O3. The van der Waals surface area contributed by atoms with E-state index in [-0.39, 0.29) is 17.6 Å². The van der Waals surface area contributed by atoms with Gasteiger partial charge in [0.2, 0.25) is 5.91 Å². The third-order valence-corrected chi connectivity index (χ3v) is 6.76. The highest BCUT2D eigenvalue weighted by Crippen LogP contribution is 2.32. The topological polar surface area (TPSA) is 69.4 Å². The smallest absolute Gasteiger partial charge is 0.330 e. The summed E-state index contributed by atoms with van der Waals surface area (Å²) in [6.45, 7) is 2.09. The van der Waals surface area contributed by atoms with Crippen LogP contribution < -0.4 is 10.4 Å². The summed E-state index contributed by atoms with van der Waals surface area (Å²) in [5, 5.41) is 0. The minimum absolute atomic E-state index is 0.0168. The summed E-state index contributed by atoms with van der Waals surface area (Å²) in [6.07, 6.45) is 7.09. The highest BCUT2D eigenvalue weighted by Gasteiger charge is 2.30. The van der Waals surface area contributed by atoms with Crippen molar-refractivity contribution >= 4 is 17.1 Å². The lowest BCUT2D eigenvalue weighted by Gasteiger charge is -2.33. The average Bonchev–Trinajstić information content (AvgIpc) is 3.61. The summed E-state index contributed by atoms with van der Waals surface area (Å²) in [6, 6.07) is 11.7. The first-order valence-corrected chi connectivity index (χ1v) is 11.6. The van der Waals surface area contributed by atoms with Crippen molar-refractivity contribution in [3.63, 3.8) is 0 Å². The number of hydrogen-bond acceptors (Lipinski definition) is 4. The minimum Gasteiger partial charge on any atom is -0.497 e. The Balaban J connectivity index is 1.31. The molecular weight excluding hydrogens is 404 g/mol. The summed E-state index contributed by atoms with van der Waals surface area (Å²) in [7, 11) is 1.65. The molecule has 0 bridgehead atoms. The van der Waals surface area contributed by atoms with Crippen LogP contribution in [0.5, 0.6) is 5.75 Å². The van der Waals surface area contributed by atoms with E-state index in [1.54, 1.807) is 13.3 Å². The molecule has 2 fully saturated rings. The first-order chi connectivity index (χ1) is 15.6. The standard InChI is InChI=1S/C25H30N4O3/c1-32-21-11-8-18(9-12-21)10-13-23(30)27-15-3-4-20(17-27)29-24-22(5-2-14-26-24)28(25(29)31)16-19-6-7-19/h2,5,8-9,11-12,14,19-20H,3-4,6-7,10,13,15-17H2,1H3. The van der Waals surface area contributed by atoms with Crippen LogP contribution in [0.25, 0.3) is 11.2 Å². The van der Waals surface area contributed by atoms with E-state index in [1.807, 2.05) is 50.4 Å². The van der Waals surface area contributed by atoms with Crippen molar-refractivity contribution in [1.82, 2.24) is 19.0 Å². The number of carbonyl (C=O) groups excluding carboxylic acids is 1. The number of amides is 1. The zero-order valence-corrected chi connectivity index (χ0v) is 18.6. The second kappa shape index (κ2) is 8.81. The van der Waals surface area contributed by atoms with Gasteiger partial charge in [0.1, 0.15) is 5.75 Å². The van der Waals surface area contributed by atoms with Gasteiger partial charge in [-0.05, 0) is 67.9 Å². The van der Waals surface area contributed by atoms with E-state index in [0.717, 1.165) is 48.4 Å². The van der Waals surface area contributed by atoms with Crippen LogP contribution >= 0.6 is 0 Å². The first-order valence-electron chi connectivity index (χ1n) is 11.6. The number of likely N-dealkylation sites (tertiary alicyclic amines) is 1. The lowest BCUT2D eigenvalue weighted by atomic mass is 10.0. The molecule has 0 spiro atoms. The molecule has 1 aromatic carbocycles. The Morgan fingerprint density at radius 1 is 1.16 bits per heavy atom. The molecule has 32 heavy (non-hydrogen) atoms. The van der Waals surface area contributed by atoms with Crippen molar-refractivity contribution in [2.45, 2.75) is 51.1 Å². The molecule has 1 aliphatic heterocycles. The third-order valence-electron chi connectivity index (χ3n) is 6.76. The van der Waals surface area contributed by atoms with Crippen LogP contribution in [-0.4, -0.2) is 45.1 Å². The van der Waals surface area contributed by atoms with Crippen molar-refractivity contribution < 1.29 is 9.53 Å².